The van der Waals surface area contributed by atoms with Gasteiger partial charge in [0, 0.05) is 14.8 Å². The molecule has 0 aromatic heterocycles. The Bertz CT molecular complexity index is 1320. The quantitative estimate of drug-likeness (QED) is 0.269. The van der Waals surface area contributed by atoms with Crippen LogP contribution in [-0.4, -0.2) is 0 Å². The van der Waals surface area contributed by atoms with Gasteiger partial charge in [-0.1, -0.05) is 71.9 Å². The third-order valence-corrected chi connectivity index (χ3v) is 7.42. The Hall–Kier alpha value is -2.99. The zero-order valence-electron chi connectivity index (χ0n) is 15.3. The number of nitriles is 1. The topological polar surface area (TPSA) is 23.8 Å². The minimum atomic E-state index is -0.471. The molecule has 1 heterocycles. The molecular weight excluding hydrogens is 394 g/mol. The molecule has 0 radical (unpaired) electrons. The molecule has 0 bridgehead atoms. The summed E-state index contributed by atoms with van der Waals surface area (Å²) in [6.45, 7) is 0. The van der Waals surface area contributed by atoms with E-state index in [0.717, 1.165) is 10.6 Å². The van der Waals surface area contributed by atoms with Gasteiger partial charge in [-0.15, -0.1) is 0 Å². The van der Waals surface area contributed by atoms with Crippen molar-refractivity contribution in [1.82, 2.24) is 0 Å². The summed E-state index contributed by atoms with van der Waals surface area (Å²) in [6, 6.07) is 31.8. The monoisotopic (exact) mass is 407 g/mol. The van der Waals surface area contributed by atoms with Crippen molar-refractivity contribution in [3.05, 3.63) is 118 Å². The number of fused-ring (bicyclic) bond motifs is 9. The highest BCUT2D eigenvalue weighted by molar-refractivity contribution is 7.99. The van der Waals surface area contributed by atoms with Gasteiger partial charge in [-0.05, 0) is 69.8 Å². The third kappa shape index (κ3) is 2.12. The minimum Gasteiger partial charge on any atom is -0.192 e. The largest absolute Gasteiger partial charge is 0.192 e. The first-order valence-corrected chi connectivity index (χ1v) is 10.6. The van der Waals surface area contributed by atoms with Gasteiger partial charge >= 0.3 is 0 Å². The molecule has 4 aromatic rings. The molecule has 2 aliphatic rings. The molecule has 0 fully saturated rings. The fourth-order valence-electron chi connectivity index (χ4n) is 4.94. The lowest BCUT2D eigenvalue weighted by molar-refractivity contribution is 0.722. The van der Waals surface area contributed by atoms with Crippen molar-refractivity contribution in [2.75, 3.05) is 0 Å². The van der Waals surface area contributed by atoms with Crippen LogP contribution in [0.25, 0.3) is 11.1 Å². The predicted molar refractivity (Wildman–Crippen MR) is 118 cm³/mol. The lowest BCUT2D eigenvalue weighted by Crippen LogP contribution is -2.32. The van der Waals surface area contributed by atoms with Gasteiger partial charge in [-0.2, -0.15) is 5.26 Å². The van der Waals surface area contributed by atoms with E-state index in [9.17, 15) is 5.26 Å². The summed E-state index contributed by atoms with van der Waals surface area (Å²) >= 11 is 8.33. The summed E-state index contributed by atoms with van der Waals surface area (Å²) in [5.74, 6) is 0. The number of halogens is 1. The highest BCUT2D eigenvalue weighted by atomic mass is 35.5. The normalized spacial score (nSPS) is 14.5. The average molecular weight is 408 g/mol. The number of hydrogen-bond donors (Lipinski definition) is 0. The standard InChI is InChI=1S/C26H14ClNS/c27-17-10-12-19-18-11-9-16(15-28)13-22(18)26(23(19)14-17)20-5-1-3-7-24(20)29-25-8-4-2-6-21(25)26/h1-14H. The summed E-state index contributed by atoms with van der Waals surface area (Å²) in [4.78, 5) is 2.49. The molecule has 6 rings (SSSR count). The van der Waals surface area contributed by atoms with Gasteiger partial charge in [0.05, 0.1) is 17.0 Å². The minimum absolute atomic E-state index is 0.471. The van der Waals surface area contributed by atoms with Crippen LogP contribution in [-0.2, 0) is 5.41 Å². The Balaban J connectivity index is 1.86. The van der Waals surface area contributed by atoms with Gasteiger partial charge in [0.15, 0.2) is 0 Å². The number of hydrogen-bond acceptors (Lipinski definition) is 2. The van der Waals surface area contributed by atoms with Gasteiger partial charge in [-0.25, -0.2) is 0 Å². The fourth-order valence-corrected chi connectivity index (χ4v) is 6.30. The van der Waals surface area contributed by atoms with Crippen LogP contribution in [0, 0.1) is 11.3 Å². The van der Waals surface area contributed by atoms with E-state index >= 15 is 0 Å². The van der Waals surface area contributed by atoms with Gasteiger partial charge in [0.1, 0.15) is 0 Å². The van der Waals surface area contributed by atoms with Crippen LogP contribution in [0.4, 0.5) is 0 Å². The molecule has 0 unspecified atom stereocenters. The number of nitrogens with zero attached hydrogens (tertiary/aromatic N) is 1. The molecule has 136 valence electrons. The maximum Gasteiger partial charge on any atom is 0.0991 e. The van der Waals surface area contributed by atoms with Crippen LogP contribution in [0.5, 0.6) is 0 Å². The van der Waals surface area contributed by atoms with Crippen molar-refractivity contribution in [1.29, 1.82) is 5.26 Å². The van der Waals surface area contributed by atoms with E-state index < -0.39 is 5.41 Å². The first-order valence-electron chi connectivity index (χ1n) is 9.45. The average Bonchev–Trinajstić information content (AvgIpc) is 3.03. The second-order valence-electron chi connectivity index (χ2n) is 7.41. The van der Waals surface area contributed by atoms with E-state index in [4.69, 9.17) is 11.6 Å². The summed E-state index contributed by atoms with van der Waals surface area (Å²) in [6.07, 6.45) is 0. The summed E-state index contributed by atoms with van der Waals surface area (Å²) in [5, 5.41) is 10.4. The summed E-state index contributed by atoms with van der Waals surface area (Å²) < 4.78 is 0. The van der Waals surface area contributed by atoms with E-state index in [2.05, 4.69) is 78.9 Å². The molecule has 1 aliphatic heterocycles. The third-order valence-electron chi connectivity index (χ3n) is 6.03. The maximum atomic E-state index is 9.63. The molecule has 0 N–H and O–H groups in total. The van der Waals surface area contributed by atoms with Gasteiger partial charge in [0.2, 0.25) is 0 Å². The fraction of sp³-hybridized carbons (Fsp3) is 0.0385. The first kappa shape index (κ1) is 16.9. The van der Waals surface area contributed by atoms with Crippen molar-refractivity contribution in [3.63, 3.8) is 0 Å². The zero-order chi connectivity index (χ0) is 19.6. The molecule has 3 heteroatoms. The lowest BCUT2D eigenvalue weighted by Gasteiger charge is -2.39. The molecule has 0 saturated carbocycles. The van der Waals surface area contributed by atoms with E-state index in [1.165, 1.54) is 37.6 Å². The van der Waals surface area contributed by atoms with E-state index in [1.54, 1.807) is 0 Å². The van der Waals surface area contributed by atoms with E-state index in [1.807, 2.05) is 23.9 Å². The van der Waals surface area contributed by atoms with Gasteiger partial charge in [0.25, 0.3) is 0 Å². The Labute approximate surface area is 178 Å². The molecule has 1 spiro atoms. The second kappa shape index (κ2) is 6.00. The lowest BCUT2D eigenvalue weighted by atomic mass is 9.67. The molecule has 1 aliphatic carbocycles. The number of rotatable bonds is 0. The molecule has 0 amide bonds. The Morgan fingerprint density at radius 1 is 0.690 bits per heavy atom. The van der Waals surface area contributed by atoms with Crippen LogP contribution in [0.3, 0.4) is 0 Å². The highest BCUT2D eigenvalue weighted by Gasteiger charge is 2.50. The Morgan fingerprint density at radius 2 is 1.28 bits per heavy atom. The first-order chi connectivity index (χ1) is 14.2. The molecule has 29 heavy (non-hydrogen) atoms. The second-order valence-corrected chi connectivity index (χ2v) is 8.93. The van der Waals surface area contributed by atoms with Gasteiger partial charge in [-0.3, -0.25) is 0 Å². The van der Waals surface area contributed by atoms with Crippen molar-refractivity contribution in [3.8, 4) is 17.2 Å². The zero-order valence-corrected chi connectivity index (χ0v) is 16.9. The van der Waals surface area contributed by atoms with Crippen LogP contribution in [0.1, 0.15) is 27.8 Å². The molecule has 4 aromatic carbocycles. The van der Waals surface area contributed by atoms with E-state index in [0.29, 0.717) is 5.56 Å². The Kier molecular flexibility index (Phi) is 3.50. The van der Waals surface area contributed by atoms with Crippen LogP contribution in [0.2, 0.25) is 5.02 Å². The van der Waals surface area contributed by atoms with Crippen molar-refractivity contribution >= 4 is 23.4 Å². The van der Waals surface area contributed by atoms with Crippen LogP contribution >= 0.6 is 23.4 Å². The Morgan fingerprint density at radius 3 is 1.93 bits per heavy atom. The molecule has 0 atom stereocenters. The van der Waals surface area contributed by atoms with Crippen molar-refractivity contribution in [2.45, 2.75) is 15.2 Å². The maximum absolute atomic E-state index is 9.63. The molecule has 1 nitrogen and oxygen atoms in total. The molecule has 0 saturated heterocycles. The highest BCUT2D eigenvalue weighted by Crippen LogP contribution is 2.62. The summed E-state index contributed by atoms with van der Waals surface area (Å²) in [5.41, 5.74) is 7.42. The number of benzene rings is 4. The van der Waals surface area contributed by atoms with Crippen molar-refractivity contribution in [2.24, 2.45) is 0 Å². The smallest absolute Gasteiger partial charge is 0.0991 e. The van der Waals surface area contributed by atoms with Crippen LogP contribution < -0.4 is 0 Å². The SMILES string of the molecule is N#Cc1ccc2c(c1)C1(c3ccccc3Sc3ccccc31)c1cc(Cl)ccc1-2. The van der Waals surface area contributed by atoms with E-state index in [-0.39, 0.29) is 0 Å². The van der Waals surface area contributed by atoms with Crippen LogP contribution in [0.15, 0.2) is 94.7 Å². The summed E-state index contributed by atoms with van der Waals surface area (Å²) in [7, 11) is 0. The predicted octanol–water partition coefficient (Wildman–Crippen LogP) is 7.04. The van der Waals surface area contributed by atoms with Crippen molar-refractivity contribution < 1.29 is 0 Å². The van der Waals surface area contributed by atoms with Gasteiger partial charge < -0.3 is 0 Å². The molecular formula is C26H14ClNS.